The van der Waals surface area contributed by atoms with Gasteiger partial charge in [-0.25, -0.2) is 0 Å². The minimum atomic E-state index is -0.250. The van der Waals surface area contributed by atoms with Crippen molar-refractivity contribution >= 4 is 5.91 Å². The molecular weight excluding hydrogens is 320 g/mol. The van der Waals surface area contributed by atoms with Crippen LogP contribution in [-0.4, -0.2) is 61.9 Å². The van der Waals surface area contributed by atoms with E-state index in [9.17, 15) is 9.90 Å². The number of rotatable bonds is 5. The lowest BCUT2D eigenvalue weighted by Gasteiger charge is -2.40. The molecule has 0 aliphatic carbocycles. The predicted molar refractivity (Wildman–Crippen MR) is 95.1 cm³/mol. The highest BCUT2D eigenvalue weighted by molar-refractivity contribution is 5.97. The smallest absolute Gasteiger partial charge is 0.255 e. The molecule has 6 nitrogen and oxygen atoms in total. The molecule has 6 heteroatoms. The van der Waals surface area contributed by atoms with Crippen molar-refractivity contribution in [1.29, 1.82) is 0 Å². The Morgan fingerprint density at radius 3 is 2.92 bits per heavy atom. The second-order valence-corrected chi connectivity index (χ2v) is 6.94. The predicted octanol–water partition coefficient (Wildman–Crippen LogP) is 2.02. The first kappa shape index (κ1) is 18.0. The fourth-order valence-electron chi connectivity index (χ4n) is 3.80. The molecule has 3 rings (SSSR count). The van der Waals surface area contributed by atoms with E-state index < -0.39 is 0 Å². The highest BCUT2D eigenvalue weighted by Crippen LogP contribution is 2.24. The summed E-state index contributed by atoms with van der Waals surface area (Å²) in [6.07, 6.45) is 4.51. The van der Waals surface area contributed by atoms with E-state index in [2.05, 4.69) is 10.2 Å². The normalized spacial score (nSPS) is 22.5. The Morgan fingerprint density at radius 1 is 1.36 bits per heavy atom. The molecule has 2 N–H and O–H groups in total. The van der Waals surface area contributed by atoms with Gasteiger partial charge in [-0.2, -0.15) is 0 Å². The highest BCUT2D eigenvalue weighted by atomic mass is 16.5. The number of hydrogen-bond acceptors (Lipinski definition) is 5. The summed E-state index contributed by atoms with van der Waals surface area (Å²) in [5.74, 6) is 0.741. The third-order valence-electron chi connectivity index (χ3n) is 5.26. The molecule has 1 aromatic carbocycles. The van der Waals surface area contributed by atoms with Gasteiger partial charge in [-0.1, -0.05) is 0 Å². The molecule has 0 radical (unpaired) electrons. The van der Waals surface area contributed by atoms with Crippen LogP contribution in [0.15, 0.2) is 18.2 Å². The Balaban J connectivity index is 1.53. The molecule has 1 atom stereocenters. The number of amides is 1. The first-order chi connectivity index (χ1) is 12.2. The second kappa shape index (κ2) is 8.54. The Bertz CT molecular complexity index is 587. The summed E-state index contributed by atoms with van der Waals surface area (Å²) in [6, 6.07) is 5.31. The maximum absolute atomic E-state index is 12.4. The van der Waals surface area contributed by atoms with Crippen molar-refractivity contribution in [3.8, 4) is 11.5 Å². The summed E-state index contributed by atoms with van der Waals surface area (Å²) in [7, 11) is 1.54. The molecule has 1 aromatic rings. The van der Waals surface area contributed by atoms with Gasteiger partial charge in [-0.05, 0) is 56.3 Å². The third-order valence-corrected chi connectivity index (χ3v) is 5.26. The van der Waals surface area contributed by atoms with Crippen molar-refractivity contribution < 1.29 is 19.4 Å². The number of carbonyl (C=O) groups excluding carboxylic acids is 1. The number of phenols is 1. The number of likely N-dealkylation sites (tertiary alicyclic amines) is 1. The topological polar surface area (TPSA) is 71.0 Å². The van der Waals surface area contributed by atoms with Crippen LogP contribution in [0.3, 0.4) is 0 Å². The van der Waals surface area contributed by atoms with Crippen molar-refractivity contribution in [2.24, 2.45) is 5.92 Å². The number of ether oxygens (including phenoxy) is 2. The van der Waals surface area contributed by atoms with Crippen molar-refractivity contribution in [3.05, 3.63) is 23.8 Å². The minimum Gasteiger partial charge on any atom is -0.507 e. The second-order valence-electron chi connectivity index (χ2n) is 6.94. The maximum Gasteiger partial charge on any atom is 0.255 e. The molecule has 0 spiro atoms. The van der Waals surface area contributed by atoms with E-state index in [0.717, 1.165) is 45.6 Å². The Labute approximate surface area is 149 Å². The van der Waals surface area contributed by atoms with E-state index in [-0.39, 0.29) is 17.2 Å². The molecule has 0 aromatic heterocycles. The lowest BCUT2D eigenvalue weighted by Crippen LogP contribution is -2.47. The summed E-state index contributed by atoms with van der Waals surface area (Å²) in [6.45, 7) is 4.52. The maximum atomic E-state index is 12.4. The monoisotopic (exact) mass is 348 g/mol. The molecule has 2 heterocycles. The molecule has 1 amide bonds. The van der Waals surface area contributed by atoms with Crippen LogP contribution in [0.4, 0.5) is 0 Å². The van der Waals surface area contributed by atoms with Gasteiger partial charge in [0.1, 0.15) is 11.5 Å². The number of aromatic hydroxyl groups is 1. The third kappa shape index (κ3) is 4.64. The molecule has 0 saturated carbocycles. The van der Waals surface area contributed by atoms with E-state index in [1.807, 2.05) is 0 Å². The fraction of sp³-hybridized carbons (Fsp3) is 0.632. The largest absolute Gasteiger partial charge is 0.507 e. The van der Waals surface area contributed by atoms with Crippen LogP contribution in [0, 0.1) is 5.92 Å². The standard InChI is InChI=1S/C19H28N2O4/c1-24-16-4-5-18(22)17(11-16)19(23)20-12-14-3-2-8-21(13-14)15-6-9-25-10-7-15/h4-5,11,14-15,22H,2-3,6-10,12-13H2,1H3,(H,20,23). The Morgan fingerprint density at radius 2 is 2.16 bits per heavy atom. The van der Waals surface area contributed by atoms with Crippen LogP contribution in [0.1, 0.15) is 36.0 Å². The lowest BCUT2D eigenvalue weighted by atomic mass is 9.94. The first-order valence-corrected chi connectivity index (χ1v) is 9.14. The summed E-state index contributed by atoms with van der Waals surface area (Å²) in [5.41, 5.74) is 0.261. The molecule has 0 bridgehead atoms. The molecule has 2 fully saturated rings. The van der Waals surface area contributed by atoms with Gasteiger partial charge in [0, 0.05) is 32.3 Å². The zero-order chi connectivity index (χ0) is 17.6. The van der Waals surface area contributed by atoms with Crippen LogP contribution in [0.2, 0.25) is 0 Å². The SMILES string of the molecule is COc1ccc(O)c(C(=O)NCC2CCCN(C3CCOCC3)C2)c1. The number of phenolic OH excluding ortho intramolecular Hbond substituents is 1. The molecule has 138 valence electrons. The zero-order valence-electron chi connectivity index (χ0n) is 14.9. The van der Waals surface area contributed by atoms with Crippen LogP contribution >= 0.6 is 0 Å². The average Bonchev–Trinajstić information content (AvgIpc) is 2.67. The number of nitrogens with zero attached hydrogens (tertiary/aromatic N) is 1. The molecule has 1 unspecified atom stereocenters. The quantitative estimate of drug-likeness (QED) is 0.852. The summed E-state index contributed by atoms with van der Waals surface area (Å²) in [4.78, 5) is 15.0. The van der Waals surface area contributed by atoms with Crippen LogP contribution in [-0.2, 0) is 4.74 Å². The van der Waals surface area contributed by atoms with Gasteiger partial charge in [0.2, 0.25) is 0 Å². The molecule has 2 saturated heterocycles. The van der Waals surface area contributed by atoms with E-state index in [0.29, 0.717) is 24.3 Å². The zero-order valence-corrected chi connectivity index (χ0v) is 14.9. The summed E-state index contributed by atoms with van der Waals surface area (Å²) < 4.78 is 10.6. The summed E-state index contributed by atoms with van der Waals surface area (Å²) >= 11 is 0. The van der Waals surface area contributed by atoms with E-state index >= 15 is 0 Å². The number of hydrogen-bond donors (Lipinski definition) is 2. The van der Waals surface area contributed by atoms with Gasteiger partial charge in [0.15, 0.2) is 0 Å². The average molecular weight is 348 g/mol. The van der Waals surface area contributed by atoms with Crippen molar-refractivity contribution in [2.75, 3.05) is 40.0 Å². The van der Waals surface area contributed by atoms with Crippen molar-refractivity contribution in [1.82, 2.24) is 10.2 Å². The van der Waals surface area contributed by atoms with Crippen LogP contribution in [0.25, 0.3) is 0 Å². The number of benzene rings is 1. The van der Waals surface area contributed by atoms with Crippen molar-refractivity contribution in [3.63, 3.8) is 0 Å². The molecule has 2 aliphatic rings. The number of carbonyl (C=O) groups is 1. The highest BCUT2D eigenvalue weighted by Gasteiger charge is 2.27. The summed E-state index contributed by atoms with van der Waals surface area (Å²) in [5, 5.41) is 12.9. The fourth-order valence-corrected chi connectivity index (χ4v) is 3.80. The van der Waals surface area contributed by atoms with Gasteiger partial charge in [-0.3, -0.25) is 9.69 Å². The van der Waals surface area contributed by atoms with Crippen LogP contribution in [0.5, 0.6) is 11.5 Å². The van der Waals surface area contributed by atoms with Gasteiger partial charge in [-0.15, -0.1) is 0 Å². The number of piperidine rings is 1. The molecular formula is C19H28N2O4. The van der Waals surface area contributed by atoms with Crippen LogP contribution < -0.4 is 10.1 Å². The lowest BCUT2D eigenvalue weighted by molar-refractivity contribution is 0.0179. The minimum absolute atomic E-state index is 0.0224. The van der Waals surface area contributed by atoms with E-state index in [1.165, 1.54) is 12.5 Å². The molecule has 25 heavy (non-hydrogen) atoms. The van der Waals surface area contributed by atoms with E-state index in [4.69, 9.17) is 9.47 Å². The Kier molecular flexibility index (Phi) is 6.15. The van der Waals surface area contributed by atoms with Gasteiger partial charge in [0.25, 0.3) is 5.91 Å². The number of nitrogens with one attached hydrogen (secondary N) is 1. The Hall–Kier alpha value is -1.79. The number of methoxy groups -OCH3 is 1. The molecule has 2 aliphatic heterocycles. The van der Waals surface area contributed by atoms with Gasteiger partial charge < -0.3 is 19.9 Å². The first-order valence-electron chi connectivity index (χ1n) is 9.14. The van der Waals surface area contributed by atoms with Gasteiger partial charge >= 0.3 is 0 Å². The van der Waals surface area contributed by atoms with Gasteiger partial charge in [0.05, 0.1) is 12.7 Å². The van der Waals surface area contributed by atoms with Crippen molar-refractivity contribution in [2.45, 2.75) is 31.7 Å². The van der Waals surface area contributed by atoms with E-state index in [1.54, 1.807) is 19.2 Å².